The monoisotopic (exact) mass is 575 g/mol. The number of carbonyl (C=O) groups is 1. The Morgan fingerprint density at radius 3 is 2.59 bits per heavy atom. The highest BCUT2D eigenvalue weighted by Gasteiger charge is 2.44. The molecule has 0 bridgehead atoms. The number of amides is 1. The summed E-state index contributed by atoms with van der Waals surface area (Å²) >= 11 is 8.07. The Bertz CT molecular complexity index is 1290. The summed E-state index contributed by atoms with van der Waals surface area (Å²) in [5.41, 5.74) is 1.71. The summed E-state index contributed by atoms with van der Waals surface area (Å²) in [4.78, 5) is 29.5. The molecule has 3 aliphatic rings. The fraction of sp³-hybridized carbons (Fsp3) is 0.586. The van der Waals surface area contributed by atoms with E-state index in [1.807, 2.05) is 26.2 Å². The lowest BCUT2D eigenvalue weighted by molar-refractivity contribution is -0.0556. The van der Waals surface area contributed by atoms with Crippen LogP contribution in [0.4, 0.5) is 0 Å². The summed E-state index contributed by atoms with van der Waals surface area (Å²) in [7, 11) is 0. The van der Waals surface area contributed by atoms with Crippen molar-refractivity contribution in [3.05, 3.63) is 49.9 Å². The third-order valence-corrected chi connectivity index (χ3v) is 9.53. The number of aromatic amines is 1. The SMILES string of the molecule is CSc1cc(C)[nH]c(=O)c1CNC(=O)c1cc(Cl)c2c(c1C)OC(C)([C@H]1CC[C@@H](CNC3COC3)CC1)CO2. The van der Waals surface area contributed by atoms with E-state index >= 15 is 0 Å². The first-order chi connectivity index (χ1) is 18.7. The molecule has 212 valence electrons. The predicted molar refractivity (Wildman–Crippen MR) is 154 cm³/mol. The summed E-state index contributed by atoms with van der Waals surface area (Å²) in [6, 6.07) is 4.04. The molecule has 0 radical (unpaired) electrons. The Labute approximate surface area is 238 Å². The number of rotatable bonds is 8. The maximum atomic E-state index is 13.3. The van der Waals surface area contributed by atoms with E-state index in [0.717, 1.165) is 56.0 Å². The van der Waals surface area contributed by atoms with Crippen LogP contribution < -0.4 is 25.7 Å². The third kappa shape index (κ3) is 5.97. The smallest absolute Gasteiger partial charge is 0.254 e. The van der Waals surface area contributed by atoms with Gasteiger partial charge in [-0.3, -0.25) is 9.59 Å². The summed E-state index contributed by atoms with van der Waals surface area (Å²) in [6.45, 7) is 9.03. The Morgan fingerprint density at radius 2 is 1.92 bits per heavy atom. The number of ether oxygens (including phenoxy) is 3. The number of halogens is 1. The van der Waals surface area contributed by atoms with Gasteiger partial charge in [0.05, 0.1) is 24.3 Å². The van der Waals surface area contributed by atoms with Crippen LogP contribution in [0.15, 0.2) is 21.8 Å². The van der Waals surface area contributed by atoms with Gasteiger partial charge >= 0.3 is 0 Å². The van der Waals surface area contributed by atoms with E-state index in [1.54, 1.807) is 6.07 Å². The number of nitrogens with one attached hydrogen (secondary N) is 3. The van der Waals surface area contributed by atoms with Crippen molar-refractivity contribution in [1.29, 1.82) is 0 Å². The fourth-order valence-corrected chi connectivity index (χ4v) is 6.79. The van der Waals surface area contributed by atoms with E-state index in [-0.39, 0.29) is 18.0 Å². The van der Waals surface area contributed by atoms with E-state index in [1.165, 1.54) is 11.8 Å². The van der Waals surface area contributed by atoms with Gasteiger partial charge in [-0.1, -0.05) is 11.6 Å². The number of aromatic nitrogens is 1. The minimum absolute atomic E-state index is 0.111. The van der Waals surface area contributed by atoms with Crippen LogP contribution in [-0.2, 0) is 11.3 Å². The summed E-state index contributed by atoms with van der Waals surface area (Å²) in [6.07, 6.45) is 6.34. The summed E-state index contributed by atoms with van der Waals surface area (Å²) in [5.74, 6) is 1.73. The maximum absolute atomic E-state index is 13.3. The molecular formula is C29H38ClN3O5S. The Morgan fingerprint density at radius 1 is 1.18 bits per heavy atom. The van der Waals surface area contributed by atoms with Gasteiger partial charge in [-0.25, -0.2) is 0 Å². The number of thioether (sulfide) groups is 1. The quantitative estimate of drug-likeness (QED) is 0.395. The van der Waals surface area contributed by atoms with Gasteiger partial charge in [0.25, 0.3) is 11.5 Å². The Hall–Kier alpha value is -2.20. The molecule has 1 amide bonds. The highest BCUT2D eigenvalue weighted by atomic mass is 35.5. The molecule has 1 aliphatic carbocycles. The van der Waals surface area contributed by atoms with Crippen LogP contribution in [0.25, 0.3) is 0 Å². The molecule has 1 unspecified atom stereocenters. The van der Waals surface area contributed by atoms with Crippen LogP contribution in [0.2, 0.25) is 5.02 Å². The van der Waals surface area contributed by atoms with Gasteiger partial charge in [0, 0.05) is 39.7 Å². The van der Waals surface area contributed by atoms with E-state index in [9.17, 15) is 9.59 Å². The number of fused-ring (bicyclic) bond motifs is 1. The van der Waals surface area contributed by atoms with Crippen molar-refractivity contribution in [2.75, 3.05) is 32.6 Å². The van der Waals surface area contributed by atoms with E-state index in [2.05, 4.69) is 22.5 Å². The normalized spacial score (nSPS) is 24.7. The zero-order valence-electron chi connectivity index (χ0n) is 23.1. The van der Waals surface area contributed by atoms with Crippen molar-refractivity contribution in [3.8, 4) is 11.5 Å². The summed E-state index contributed by atoms with van der Waals surface area (Å²) < 4.78 is 18.1. The van der Waals surface area contributed by atoms with Gasteiger partial charge < -0.3 is 29.8 Å². The zero-order chi connectivity index (χ0) is 27.7. The van der Waals surface area contributed by atoms with Crippen LogP contribution in [0, 0.1) is 25.7 Å². The Kier molecular flexibility index (Phi) is 8.52. The van der Waals surface area contributed by atoms with Crippen molar-refractivity contribution in [1.82, 2.24) is 15.6 Å². The number of benzene rings is 1. The molecule has 0 spiro atoms. The molecule has 1 atom stereocenters. The topological polar surface area (TPSA) is 102 Å². The lowest BCUT2D eigenvalue weighted by Gasteiger charge is -2.44. The predicted octanol–water partition coefficient (Wildman–Crippen LogP) is 4.62. The first kappa shape index (κ1) is 28.3. The average Bonchev–Trinajstić information content (AvgIpc) is 2.89. The van der Waals surface area contributed by atoms with Crippen molar-refractivity contribution in [2.24, 2.45) is 11.8 Å². The number of hydrogen-bond donors (Lipinski definition) is 3. The Balaban J connectivity index is 1.27. The highest BCUT2D eigenvalue weighted by Crippen LogP contribution is 2.48. The first-order valence-electron chi connectivity index (χ1n) is 13.7. The largest absolute Gasteiger partial charge is 0.484 e. The number of hydrogen-bond acceptors (Lipinski definition) is 7. The van der Waals surface area contributed by atoms with E-state index in [4.69, 9.17) is 25.8 Å². The highest BCUT2D eigenvalue weighted by molar-refractivity contribution is 7.98. The number of aryl methyl sites for hydroxylation is 1. The molecule has 1 saturated carbocycles. The van der Waals surface area contributed by atoms with Gasteiger partial charge in [-0.05, 0) is 77.3 Å². The molecule has 8 nitrogen and oxygen atoms in total. The van der Waals surface area contributed by atoms with Gasteiger partial charge in [-0.2, -0.15) is 0 Å². The van der Waals surface area contributed by atoms with Crippen molar-refractivity contribution in [3.63, 3.8) is 0 Å². The van der Waals surface area contributed by atoms with Crippen molar-refractivity contribution < 1.29 is 19.0 Å². The van der Waals surface area contributed by atoms with Gasteiger partial charge in [-0.15, -0.1) is 11.8 Å². The molecule has 3 N–H and O–H groups in total. The van der Waals surface area contributed by atoms with Crippen molar-refractivity contribution in [2.45, 2.75) is 69.5 Å². The minimum atomic E-state index is -0.501. The maximum Gasteiger partial charge on any atom is 0.254 e. The van der Waals surface area contributed by atoms with Crippen LogP contribution in [0.5, 0.6) is 11.5 Å². The molecule has 1 aromatic carbocycles. The average molecular weight is 576 g/mol. The van der Waals surface area contributed by atoms with Gasteiger partial charge in [0.2, 0.25) is 0 Å². The molecule has 1 aromatic heterocycles. The van der Waals surface area contributed by atoms with E-state index < -0.39 is 5.60 Å². The standard InChI is InChI=1S/C29H38ClN3O5S/c1-16-9-24(39-4)22(28(35)33-16)12-32-27(34)21-10-23(30)26-25(17(21)2)38-29(3,15-37-26)19-7-5-18(6-8-19)11-31-20-13-36-14-20/h9-10,18-20,31H,5-8,11-15H2,1-4H3,(H,32,34)(H,33,35)/t18-,19+,29?. The summed E-state index contributed by atoms with van der Waals surface area (Å²) in [5, 5.41) is 6.86. The number of carbonyl (C=O) groups excluding carboxylic acids is 1. The van der Waals surface area contributed by atoms with Gasteiger partial charge in [0.15, 0.2) is 11.5 Å². The molecular weight excluding hydrogens is 538 g/mol. The second-order valence-electron chi connectivity index (χ2n) is 11.3. The van der Waals surface area contributed by atoms with E-state index in [0.29, 0.717) is 57.7 Å². The van der Waals surface area contributed by atoms with Crippen LogP contribution in [0.3, 0.4) is 0 Å². The minimum Gasteiger partial charge on any atom is -0.484 e. The van der Waals surface area contributed by atoms with Crippen LogP contribution >= 0.6 is 23.4 Å². The second kappa shape index (κ2) is 11.7. The second-order valence-corrected chi connectivity index (χ2v) is 12.5. The molecule has 10 heteroatoms. The van der Waals surface area contributed by atoms with Gasteiger partial charge in [0.1, 0.15) is 12.2 Å². The first-order valence-corrected chi connectivity index (χ1v) is 15.3. The molecule has 2 aliphatic heterocycles. The van der Waals surface area contributed by atoms with Crippen LogP contribution in [0.1, 0.15) is 59.8 Å². The molecule has 2 fully saturated rings. The lowest BCUT2D eigenvalue weighted by Crippen LogP contribution is -2.51. The third-order valence-electron chi connectivity index (χ3n) is 8.44. The molecule has 2 aromatic rings. The number of H-pyrrole nitrogens is 1. The lowest BCUT2D eigenvalue weighted by atomic mass is 9.74. The number of pyridine rings is 1. The molecule has 1 saturated heterocycles. The molecule has 5 rings (SSSR count). The molecule has 3 heterocycles. The zero-order valence-corrected chi connectivity index (χ0v) is 24.7. The molecule has 39 heavy (non-hydrogen) atoms. The fourth-order valence-electron chi connectivity index (χ4n) is 5.84. The van der Waals surface area contributed by atoms with Crippen molar-refractivity contribution >= 4 is 29.3 Å². The van der Waals surface area contributed by atoms with Crippen LogP contribution in [-0.4, -0.2) is 55.2 Å².